The molecule has 0 aliphatic heterocycles. The van der Waals surface area contributed by atoms with Crippen LogP contribution in [0.3, 0.4) is 0 Å². The van der Waals surface area contributed by atoms with E-state index < -0.39 is 5.97 Å². The van der Waals surface area contributed by atoms with Crippen molar-refractivity contribution in [1.29, 1.82) is 0 Å². The number of carbonyl (C=O) groups excluding carboxylic acids is 2. The molecule has 0 atom stereocenters. The van der Waals surface area contributed by atoms with Crippen molar-refractivity contribution >= 4 is 29.4 Å². The Labute approximate surface area is 169 Å². The Bertz CT molecular complexity index is 1020. The van der Waals surface area contributed by atoms with Gasteiger partial charge in [-0.25, -0.2) is 9.78 Å². The van der Waals surface area contributed by atoms with Crippen molar-refractivity contribution in [2.24, 2.45) is 0 Å². The quantitative estimate of drug-likeness (QED) is 0.463. The van der Waals surface area contributed by atoms with Gasteiger partial charge >= 0.3 is 5.97 Å². The fourth-order valence-corrected chi connectivity index (χ4v) is 2.68. The molecule has 3 aromatic rings. The minimum absolute atomic E-state index is 0.0669. The summed E-state index contributed by atoms with van der Waals surface area (Å²) in [6.45, 7) is 4.65. The number of nitrogens with zero attached hydrogens (tertiary/aromatic N) is 2. The second kappa shape index (κ2) is 9.54. The van der Waals surface area contributed by atoms with E-state index in [9.17, 15) is 9.59 Å². The Morgan fingerprint density at radius 2 is 1.93 bits per heavy atom. The Morgan fingerprint density at radius 3 is 2.66 bits per heavy atom. The van der Waals surface area contributed by atoms with Gasteiger partial charge in [0.15, 0.2) is 11.5 Å². The number of ether oxygens (including phenoxy) is 2. The number of rotatable bonds is 8. The van der Waals surface area contributed by atoms with Crippen LogP contribution in [0.5, 0.6) is 5.75 Å². The summed E-state index contributed by atoms with van der Waals surface area (Å²) in [4.78, 5) is 28.9. The summed E-state index contributed by atoms with van der Waals surface area (Å²) in [5.41, 5.74) is 1.46. The lowest BCUT2D eigenvalue weighted by molar-refractivity contribution is -0.111. The lowest BCUT2D eigenvalue weighted by Crippen LogP contribution is -2.14. The number of fused-ring (bicyclic) bond motifs is 1. The summed E-state index contributed by atoms with van der Waals surface area (Å²) >= 11 is 0. The van der Waals surface area contributed by atoms with Crippen LogP contribution in [0.2, 0.25) is 0 Å². The summed E-state index contributed by atoms with van der Waals surface area (Å²) < 4.78 is 12.2. The van der Waals surface area contributed by atoms with Crippen LogP contribution in [0.15, 0.2) is 54.7 Å². The number of pyridine rings is 1. The van der Waals surface area contributed by atoms with Gasteiger partial charge in [0.2, 0.25) is 5.91 Å². The van der Waals surface area contributed by atoms with Gasteiger partial charge in [0, 0.05) is 12.3 Å². The molecule has 2 aromatic heterocycles. The topological polar surface area (TPSA) is 81.9 Å². The van der Waals surface area contributed by atoms with E-state index in [2.05, 4.69) is 10.3 Å². The number of anilines is 1. The minimum atomic E-state index is -0.585. The molecule has 3 rings (SSSR count). The van der Waals surface area contributed by atoms with Crippen molar-refractivity contribution in [2.45, 2.75) is 20.3 Å². The first-order valence-electron chi connectivity index (χ1n) is 9.48. The molecule has 1 aromatic carbocycles. The van der Waals surface area contributed by atoms with E-state index in [1.54, 1.807) is 41.8 Å². The molecule has 2 heterocycles. The van der Waals surface area contributed by atoms with Crippen LogP contribution in [0, 0.1) is 0 Å². The van der Waals surface area contributed by atoms with Crippen molar-refractivity contribution in [2.75, 3.05) is 18.5 Å². The van der Waals surface area contributed by atoms with E-state index in [0.717, 1.165) is 17.7 Å². The second-order valence-corrected chi connectivity index (χ2v) is 6.20. The van der Waals surface area contributed by atoms with Crippen molar-refractivity contribution in [3.05, 3.63) is 66.0 Å². The monoisotopic (exact) mass is 393 g/mol. The molecule has 0 aliphatic rings. The van der Waals surface area contributed by atoms with Gasteiger partial charge in [-0.3, -0.25) is 9.20 Å². The molecule has 0 unspecified atom stereocenters. The zero-order valence-electron chi connectivity index (χ0n) is 16.4. The Kier molecular flexibility index (Phi) is 6.63. The van der Waals surface area contributed by atoms with Crippen LogP contribution < -0.4 is 10.1 Å². The molecule has 0 aliphatic carbocycles. The van der Waals surface area contributed by atoms with E-state index in [-0.39, 0.29) is 24.0 Å². The number of amides is 1. The molecule has 0 spiro atoms. The van der Waals surface area contributed by atoms with Gasteiger partial charge in [-0.1, -0.05) is 25.1 Å². The summed E-state index contributed by atoms with van der Waals surface area (Å²) in [6, 6.07) is 12.8. The highest BCUT2D eigenvalue weighted by Gasteiger charge is 2.21. The molecule has 0 radical (unpaired) electrons. The lowest BCUT2D eigenvalue weighted by atomic mass is 10.2. The molecule has 150 valence electrons. The average Bonchev–Trinajstić information content (AvgIpc) is 3.10. The van der Waals surface area contributed by atoms with Crippen LogP contribution in [0.25, 0.3) is 11.7 Å². The van der Waals surface area contributed by atoms with Crippen molar-refractivity contribution < 1.29 is 19.1 Å². The largest absolute Gasteiger partial charge is 0.494 e. The van der Waals surface area contributed by atoms with Crippen LogP contribution in [0.4, 0.5) is 5.82 Å². The summed E-state index contributed by atoms with van der Waals surface area (Å²) in [5.74, 6) is 0.0981. The molecular formula is C22H23N3O4. The molecule has 0 bridgehead atoms. The smallest absolute Gasteiger partial charge is 0.360 e. The zero-order valence-corrected chi connectivity index (χ0v) is 16.4. The molecule has 0 saturated carbocycles. The van der Waals surface area contributed by atoms with Gasteiger partial charge in [-0.05, 0) is 49.2 Å². The highest BCUT2D eigenvalue weighted by Crippen LogP contribution is 2.19. The van der Waals surface area contributed by atoms with Gasteiger partial charge in [-0.15, -0.1) is 0 Å². The average molecular weight is 393 g/mol. The summed E-state index contributed by atoms with van der Waals surface area (Å²) in [5, 5.41) is 2.73. The number of carbonyl (C=O) groups is 2. The standard InChI is InChI=1S/C22H23N3O4/c1-3-15-29-17-11-8-16(9-12-17)10-13-19(26)24-21-20(22(27)28-4-2)23-18-7-5-6-14-25(18)21/h5-14H,3-4,15H2,1-2H3,(H,24,26)/b13-10+. The van der Waals surface area contributed by atoms with E-state index in [4.69, 9.17) is 9.47 Å². The lowest BCUT2D eigenvalue weighted by Gasteiger charge is -2.05. The zero-order chi connectivity index (χ0) is 20.6. The van der Waals surface area contributed by atoms with Crippen molar-refractivity contribution in [3.63, 3.8) is 0 Å². The number of esters is 1. The maximum Gasteiger partial charge on any atom is 0.360 e. The number of aromatic nitrogens is 2. The number of imidazole rings is 1. The Morgan fingerprint density at radius 1 is 1.14 bits per heavy atom. The SMILES string of the molecule is CCCOc1ccc(/C=C/C(=O)Nc2c(C(=O)OCC)nc3ccccn23)cc1. The summed E-state index contributed by atoms with van der Waals surface area (Å²) in [7, 11) is 0. The molecule has 0 fully saturated rings. The third-order valence-electron chi connectivity index (χ3n) is 4.02. The normalized spacial score (nSPS) is 11.0. The van der Waals surface area contributed by atoms with Gasteiger partial charge in [-0.2, -0.15) is 0 Å². The van der Waals surface area contributed by atoms with Crippen molar-refractivity contribution in [3.8, 4) is 5.75 Å². The number of hydrogen-bond acceptors (Lipinski definition) is 5. The third-order valence-corrected chi connectivity index (χ3v) is 4.02. The number of nitrogens with one attached hydrogen (secondary N) is 1. The van der Waals surface area contributed by atoms with Gasteiger partial charge in [0.25, 0.3) is 0 Å². The maximum absolute atomic E-state index is 12.5. The minimum Gasteiger partial charge on any atom is -0.494 e. The highest BCUT2D eigenvalue weighted by atomic mass is 16.5. The van der Waals surface area contributed by atoms with Crippen LogP contribution in [0.1, 0.15) is 36.3 Å². The van der Waals surface area contributed by atoms with Crippen LogP contribution >= 0.6 is 0 Å². The van der Waals surface area contributed by atoms with Crippen LogP contribution in [-0.2, 0) is 9.53 Å². The molecular weight excluding hydrogens is 370 g/mol. The van der Waals surface area contributed by atoms with E-state index in [0.29, 0.717) is 12.3 Å². The Hall–Kier alpha value is -3.61. The van der Waals surface area contributed by atoms with E-state index in [1.807, 2.05) is 31.2 Å². The first-order valence-corrected chi connectivity index (χ1v) is 9.48. The second-order valence-electron chi connectivity index (χ2n) is 6.20. The maximum atomic E-state index is 12.5. The van der Waals surface area contributed by atoms with Gasteiger partial charge in [0.05, 0.1) is 13.2 Å². The van der Waals surface area contributed by atoms with E-state index in [1.165, 1.54) is 6.08 Å². The fraction of sp³-hybridized carbons (Fsp3) is 0.227. The molecule has 1 N–H and O–H groups in total. The first-order chi connectivity index (χ1) is 14.1. The molecule has 7 heteroatoms. The van der Waals surface area contributed by atoms with Crippen LogP contribution in [-0.4, -0.2) is 34.5 Å². The van der Waals surface area contributed by atoms with Gasteiger partial charge in [0.1, 0.15) is 11.4 Å². The van der Waals surface area contributed by atoms with E-state index >= 15 is 0 Å². The number of benzene rings is 1. The molecule has 1 amide bonds. The fourth-order valence-electron chi connectivity index (χ4n) is 2.68. The predicted molar refractivity (Wildman–Crippen MR) is 111 cm³/mol. The Balaban J connectivity index is 1.76. The molecule has 7 nitrogen and oxygen atoms in total. The number of hydrogen-bond donors (Lipinski definition) is 1. The first kappa shape index (κ1) is 20.1. The molecule has 29 heavy (non-hydrogen) atoms. The predicted octanol–water partition coefficient (Wildman–Crippen LogP) is 3.95. The highest BCUT2D eigenvalue weighted by molar-refractivity contribution is 6.05. The third kappa shape index (κ3) is 5.01. The molecule has 0 saturated heterocycles. The van der Waals surface area contributed by atoms with Gasteiger partial charge < -0.3 is 14.8 Å². The summed E-state index contributed by atoms with van der Waals surface area (Å²) in [6.07, 6.45) is 5.75. The van der Waals surface area contributed by atoms with Crippen molar-refractivity contribution in [1.82, 2.24) is 9.38 Å².